The maximum atomic E-state index is 11.9. The van der Waals surface area contributed by atoms with Crippen LogP contribution in [0.25, 0.3) is 11.4 Å². The molecule has 7 nitrogen and oxygen atoms in total. The zero-order valence-electron chi connectivity index (χ0n) is 13.5. The molecule has 0 aromatic carbocycles. The van der Waals surface area contributed by atoms with Crippen molar-refractivity contribution in [3.05, 3.63) is 24.2 Å². The molecule has 0 aliphatic carbocycles. The average molecular weight is 315 g/mol. The van der Waals surface area contributed by atoms with E-state index in [-0.39, 0.29) is 5.91 Å². The lowest BCUT2D eigenvalue weighted by atomic mass is 10.2. The summed E-state index contributed by atoms with van der Waals surface area (Å²) < 4.78 is 4.98. The summed E-state index contributed by atoms with van der Waals surface area (Å²) >= 11 is 0. The number of nitrogens with zero attached hydrogens (tertiary/aromatic N) is 5. The molecule has 7 heteroatoms. The number of hydrogen-bond donors (Lipinski definition) is 0. The Bertz CT molecular complexity index is 659. The molecule has 0 N–H and O–H groups in total. The fourth-order valence-electron chi connectivity index (χ4n) is 2.68. The van der Waals surface area contributed by atoms with Gasteiger partial charge in [-0.05, 0) is 18.6 Å². The van der Waals surface area contributed by atoms with Crippen molar-refractivity contribution >= 4 is 11.7 Å². The van der Waals surface area contributed by atoms with Crippen LogP contribution in [0.4, 0.5) is 5.82 Å². The highest BCUT2D eigenvalue weighted by atomic mass is 16.5. The van der Waals surface area contributed by atoms with Crippen LogP contribution in [0.2, 0.25) is 0 Å². The Labute approximate surface area is 135 Å². The molecule has 0 atom stereocenters. The van der Waals surface area contributed by atoms with Crippen LogP contribution in [0.5, 0.6) is 0 Å². The molecule has 0 bridgehead atoms. The largest absolute Gasteiger partial charge is 0.353 e. The molecule has 122 valence electrons. The zero-order valence-corrected chi connectivity index (χ0v) is 13.5. The molecule has 3 heterocycles. The summed E-state index contributed by atoms with van der Waals surface area (Å²) in [5, 5.41) is 3.89. The smallest absolute Gasteiger partial charge is 0.223 e. The molecule has 1 saturated heterocycles. The highest BCUT2D eigenvalue weighted by molar-refractivity contribution is 5.76. The molecule has 1 aliphatic heterocycles. The third-order valence-electron chi connectivity index (χ3n) is 3.95. The van der Waals surface area contributed by atoms with E-state index in [1.807, 2.05) is 24.0 Å². The van der Waals surface area contributed by atoms with E-state index in [9.17, 15) is 4.79 Å². The van der Waals surface area contributed by atoms with E-state index in [1.54, 1.807) is 13.1 Å². The van der Waals surface area contributed by atoms with E-state index < -0.39 is 0 Å². The normalized spacial score (nSPS) is 15.0. The van der Waals surface area contributed by atoms with Gasteiger partial charge in [0.2, 0.25) is 17.6 Å². The molecule has 0 saturated carbocycles. The number of aryl methyl sites for hydroxylation is 1. The number of rotatable bonds is 4. The standard InChI is InChI=1S/C16H21N5O2/c1-3-4-15(22)21-9-7-20(8-10-21)14-6-5-13(11-17-14)16-18-12(2)23-19-16/h5-6,11H,3-4,7-10H2,1-2H3. The van der Waals surface area contributed by atoms with Crippen molar-refractivity contribution in [1.82, 2.24) is 20.0 Å². The molecule has 23 heavy (non-hydrogen) atoms. The minimum absolute atomic E-state index is 0.253. The molecule has 1 fully saturated rings. The van der Waals surface area contributed by atoms with Crippen LogP contribution in [-0.4, -0.2) is 52.1 Å². The Kier molecular flexibility index (Phi) is 4.55. The van der Waals surface area contributed by atoms with Crippen molar-refractivity contribution in [2.45, 2.75) is 26.7 Å². The van der Waals surface area contributed by atoms with E-state index in [0.717, 1.165) is 44.0 Å². The summed E-state index contributed by atoms with van der Waals surface area (Å²) in [4.78, 5) is 24.7. The summed E-state index contributed by atoms with van der Waals surface area (Å²) in [6.45, 7) is 6.92. The first-order chi connectivity index (χ1) is 11.2. The molecule has 1 amide bonds. The minimum Gasteiger partial charge on any atom is -0.353 e. The first-order valence-electron chi connectivity index (χ1n) is 7.97. The lowest BCUT2D eigenvalue weighted by molar-refractivity contribution is -0.131. The number of amides is 1. The summed E-state index contributed by atoms with van der Waals surface area (Å²) in [6, 6.07) is 3.91. The summed E-state index contributed by atoms with van der Waals surface area (Å²) in [5.74, 6) is 2.26. The fraction of sp³-hybridized carbons (Fsp3) is 0.500. The topological polar surface area (TPSA) is 75.4 Å². The Hall–Kier alpha value is -2.44. The number of carbonyl (C=O) groups is 1. The lowest BCUT2D eigenvalue weighted by Gasteiger charge is -2.35. The average Bonchev–Trinajstić information content (AvgIpc) is 3.02. The van der Waals surface area contributed by atoms with Crippen molar-refractivity contribution in [3.8, 4) is 11.4 Å². The molecule has 0 spiro atoms. The predicted molar refractivity (Wildman–Crippen MR) is 86.0 cm³/mol. The second-order valence-electron chi connectivity index (χ2n) is 5.66. The molecule has 2 aromatic heterocycles. The van der Waals surface area contributed by atoms with Crippen LogP contribution in [0, 0.1) is 6.92 Å². The monoisotopic (exact) mass is 315 g/mol. The van der Waals surface area contributed by atoms with Crippen molar-refractivity contribution in [2.75, 3.05) is 31.1 Å². The lowest BCUT2D eigenvalue weighted by Crippen LogP contribution is -2.49. The molecular weight excluding hydrogens is 294 g/mol. The molecule has 0 unspecified atom stereocenters. The summed E-state index contributed by atoms with van der Waals surface area (Å²) in [6.07, 6.45) is 3.29. The number of carbonyl (C=O) groups excluding carboxylic acids is 1. The van der Waals surface area contributed by atoms with Crippen molar-refractivity contribution in [1.29, 1.82) is 0 Å². The van der Waals surface area contributed by atoms with Crippen LogP contribution in [0.15, 0.2) is 22.9 Å². The third kappa shape index (κ3) is 3.49. The number of anilines is 1. The van der Waals surface area contributed by atoms with Crippen LogP contribution in [-0.2, 0) is 4.79 Å². The van der Waals surface area contributed by atoms with Gasteiger partial charge in [-0.3, -0.25) is 4.79 Å². The summed E-state index contributed by atoms with van der Waals surface area (Å²) in [5.41, 5.74) is 0.836. The Morgan fingerprint density at radius 1 is 1.26 bits per heavy atom. The molecule has 0 radical (unpaired) electrons. The van der Waals surface area contributed by atoms with Crippen molar-refractivity contribution < 1.29 is 9.32 Å². The van der Waals surface area contributed by atoms with Gasteiger partial charge in [-0.25, -0.2) is 4.98 Å². The quantitative estimate of drug-likeness (QED) is 0.857. The highest BCUT2D eigenvalue weighted by Crippen LogP contribution is 2.19. The SMILES string of the molecule is CCCC(=O)N1CCN(c2ccc(-c3noc(C)n3)cn2)CC1. The van der Waals surface area contributed by atoms with Gasteiger partial charge >= 0.3 is 0 Å². The summed E-state index contributed by atoms with van der Waals surface area (Å²) in [7, 11) is 0. The van der Waals surface area contributed by atoms with Gasteiger partial charge in [-0.2, -0.15) is 4.98 Å². The Morgan fingerprint density at radius 2 is 2.04 bits per heavy atom. The van der Waals surface area contributed by atoms with Crippen LogP contribution in [0.1, 0.15) is 25.7 Å². The number of hydrogen-bond acceptors (Lipinski definition) is 6. The van der Waals surface area contributed by atoms with E-state index in [0.29, 0.717) is 18.1 Å². The molecule has 1 aliphatic rings. The van der Waals surface area contributed by atoms with Gasteiger partial charge in [0.1, 0.15) is 5.82 Å². The second kappa shape index (κ2) is 6.76. The van der Waals surface area contributed by atoms with Gasteiger partial charge in [-0.15, -0.1) is 0 Å². The van der Waals surface area contributed by atoms with Gasteiger partial charge < -0.3 is 14.3 Å². The number of piperazine rings is 1. The maximum Gasteiger partial charge on any atom is 0.223 e. The van der Waals surface area contributed by atoms with E-state index in [1.165, 1.54) is 0 Å². The van der Waals surface area contributed by atoms with Crippen LogP contribution in [0.3, 0.4) is 0 Å². The van der Waals surface area contributed by atoms with Gasteiger partial charge in [0.25, 0.3) is 0 Å². The third-order valence-corrected chi connectivity index (χ3v) is 3.95. The van der Waals surface area contributed by atoms with Crippen molar-refractivity contribution in [3.63, 3.8) is 0 Å². The predicted octanol–water partition coefficient (Wildman–Crippen LogP) is 1.89. The fourth-order valence-corrected chi connectivity index (χ4v) is 2.68. The van der Waals surface area contributed by atoms with E-state index >= 15 is 0 Å². The second-order valence-corrected chi connectivity index (χ2v) is 5.66. The van der Waals surface area contributed by atoms with Crippen LogP contribution < -0.4 is 4.90 Å². The maximum absolute atomic E-state index is 11.9. The van der Waals surface area contributed by atoms with Crippen LogP contribution >= 0.6 is 0 Å². The first kappa shape index (κ1) is 15.5. The zero-order chi connectivity index (χ0) is 16.2. The van der Waals surface area contributed by atoms with E-state index in [2.05, 4.69) is 20.0 Å². The Balaban J connectivity index is 1.62. The van der Waals surface area contributed by atoms with Crippen molar-refractivity contribution in [2.24, 2.45) is 0 Å². The molecule has 2 aromatic rings. The van der Waals surface area contributed by atoms with Gasteiger partial charge in [-0.1, -0.05) is 12.1 Å². The van der Waals surface area contributed by atoms with Gasteiger partial charge in [0.15, 0.2) is 0 Å². The number of aromatic nitrogens is 3. The highest BCUT2D eigenvalue weighted by Gasteiger charge is 2.21. The number of pyridine rings is 1. The molecular formula is C16H21N5O2. The molecule has 3 rings (SSSR count). The van der Waals surface area contributed by atoms with Gasteiger partial charge in [0, 0.05) is 51.3 Å². The minimum atomic E-state index is 0.253. The van der Waals surface area contributed by atoms with Gasteiger partial charge in [0.05, 0.1) is 0 Å². The Morgan fingerprint density at radius 3 is 2.61 bits per heavy atom. The first-order valence-corrected chi connectivity index (χ1v) is 7.97. The van der Waals surface area contributed by atoms with E-state index in [4.69, 9.17) is 4.52 Å².